The molecule has 19 heavy (non-hydrogen) atoms. The van der Waals surface area contributed by atoms with Gasteiger partial charge in [-0.3, -0.25) is 0 Å². The van der Waals surface area contributed by atoms with Gasteiger partial charge in [-0.1, -0.05) is 34.0 Å². The van der Waals surface area contributed by atoms with Gasteiger partial charge in [0, 0.05) is 10.9 Å². The predicted octanol–water partition coefficient (Wildman–Crippen LogP) is 2.81. The molecule has 0 radical (unpaired) electrons. The van der Waals surface area contributed by atoms with E-state index in [9.17, 15) is 8.42 Å². The molecule has 0 heterocycles. The Morgan fingerprint density at radius 1 is 1.42 bits per heavy atom. The van der Waals surface area contributed by atoms with Crippen molar-refractivity contribution in [3.05, 3.63) is 28.8 Å². The van der Waals surface area contributed by atoms with Gasteiger partial charge in [0.15, 0.2) is 0 Å². The minimum Gasteiger partial charge on any atom is -0.207 e. The summed E-state index contributed by atoms with van der Waals surface area (Å²) >= 11 is 9.40. The summed E-state index contributed by atoms with van der Waals surface area (Å²) < 4.78 is 27.2. The van der Waals surface area contributed by atoms with Crippen molar-refractivity contribution in [2.24, 2.45) is 0 Å². The molecule has 1 aromatic carbocycles. The highest BCUT2D eigenvalue weighted by molar-refractivity contribution is 9.09. The van der Waals surface area contributed by atoms with E-state index < -0.39 is 10.0 Å². The van der Waals surface area contributed by atoms with Crippen molar-refractivity contribution in [1.29, 1.82) is 5.26 Å². The fourth-order valence-corrected chi connectivity index (χ4v) is 4.85. The smallest absolute Gasteiger partial charge is 0.207 e. The van der Waals surface area contributed by atoms with E-state index in [1.54, 1.807) is 0 Å². The lowest BCUT2D eigenvalue weighted by atomic mass is 10.2. The number of nitriles is 1. The van der Waals surface area contributed by atoms with E-state index in [1.165, 1.54) is 18.2 Å². The van der Waals surface area contributed by atoms with Gasteiger partial charge >= 0.3 is 0 Å². The average Bonchev–Trinajstić information content (AvgIpc) is 2.73. The van der Waals surface area contributed by atoms with Crippen molar-refractivity contribution in [1.82, 2.24) is 4.72 Å². The molecule has 0 aliphatic heterocycles. The van der Waals surface area contributed by atoms with E-state index in [-0.39, 0.29) is 20.8 Å². The topological polar surface area (TPSA) is 70.0 Å². The van der Waals surface area contributed by atoms with Crippen LogP contribution in [-0.4, -0.2) is 19.3 Å². The van der Waals surface area contributed by atoms with Crippen LogP contribution in [0.15, 0.2) is 23.1 Å². The Balaban J connectivity index is 2.27. The molecular formula is C12H12BrClN2O2S. The third-order valence-corrected chi connectivity index (χ3v) is 6.16. The monoisotopic (exact) mass is 362 g/mol. The van der Waals surface area contributed by atoms with Gasteiger partial charge in [0.25, 0.3) is 0 Å². The van der Waals surface area contributed by atoms with Crippen LogP contribution in [0.4, 0.5) is 0 Å². The Kier molecular flexibility index (Phi) is 4.51. The summed E-state index contributed by atoms with van der Waals surface area (Å²) in [4.78, 5) is 0.166. The highest BCUT2D eigenvalue weighted by Crippen LogP contribution is 2.28. The second-order valence-corrected chi connectivity index (χ2v) is 7.70. The summed E-state index contributed by atoms with van der Waals surface area (Å²) in [5, 5.41) is 8.81. The van der Waals surface area contributed by atoms with Gasteiger partial charge in [-0.2, -0.15) is 5.26 Å². The van der Waals surface area contributed by atoms with Crippen molar-refractivity contribution in [2.75, 3.05) is 0 Å². The summed E-state index contributed by atoms with van der Waals surface area (Å²) in [6, 6.07) is 5.97. The molecule has 0 spiro atoms. The lowest BCUT2D eigenvalue weighted by molar-refractivity contribution is 0.556. The van der Waals surface area contributed by atoms with Gasteiger partial charge in [-0.05, 0) is 31.0 Å². The molecular weight excluding hydrogens is 352 g/mol. The van der Waals surface area contributed by atoms with Crippen molar-refractivity contribution in [3.63, 3.8) is 0 Å². The number of halogens is 2. The van der Waals surface area contributed by atoms with Crippen LogP contribution >= 0.6 is 27.5 Å². The van der Waals surface area contributed by atoms with Gasteiger partial charge in [0.2, 0.25) is 10.0 Å². The Hall–Kier alpha value is -0.610. The van der Waals surface area contributed by atoms with Crippen LogP contribution in [0.2, 0.25) is 5.02 Å². The van der Waals surface area contributed by atoms with Gasteiger partial charge < -0.3 is 0 Å². The first-order chi connectivity index (χ1) is 8.94. The molecule has 1 aromatic rings. The molecule has 4 nitrogen and oxygen atoms in total. The molecule has 2 atom stereocenters. The van der Waals surface area contributed by atoms with Gasteiger partial charge in [-0.15, -0.1) is 0 Å². The molecule has 2 unspecified atom stereocenters. The molecule has 0 amide bonds. The Labute approximate surface area is 125 Å². The standard InChI is InChI=1S/C12H12BrClN2O2S/c13-9-2-1-3-11(9)16-19(17,18)12-5-4-8(7-15)6-10(12)14/h4-6,9,11,16H,1-3H2. The van der Waals surface area contributed by atoms with E-state index in [2.05, 4.69) is 20.7 Å². The van der Waals surface area contributed by atoms with Crippen molar-refractivity contribution < 1.29 is 8.42 Å². The first kappa shape index (κ1) is 14.8. The maximum atomic E-state index is 12.3. The number of sulfonamides is 1. The van der Waals surface area contributed by atoms with Gasteiger partial charge in [0.05, 0.1) is 16.7 Å². The molecule has 2 rings (SSSR count). The third-order valence-electron chi connectivity index (χ3n) is 3.09. The normalized spacial score (nSPS) is 23.2. The second-order valence-electron chi connectivity index (χ2n) is 4.43. The molecule has 0 bridgehead atoms. The van der Waals surface area contributed by atoms with Crippen LogP contribution < -0.4 is 4.72 Å². The van der Waals surface area contributed by atoms with Crippen LogP contribution in [0, 0.1) is 11.3 Å². The highest BCUT2D eigenvalue weighted by Gasteiger charge is 2.30. The lowest BCUT2D eigenvalue weighted by Gasteiger charge is -2.16. The molecule has 0 saturated heterocycles. The zero-order valence-corrected chi connectivity index (χ0v) is 13.1. The summed E-state index contributed by atoms with van der Waals surface area (Å²) in [6.45, 7) is 0. The maximum absolute atomic E-state index is 12.3. The van der Waals surface area contributed by atoms with E-state index >= 15 is 0 Å². The quantitative estimate of drug-likeness (QED) is 0.840. The number of alkyl halides is 1. The number of hydrogen-bond acceptors (Lipinski definition) is 3. The average molecular weight is 364 g/mol. The second kappa shape index (κ2) is 5.80. The predicted molar refractivity (Wildman–Crippen MR) is 76.8 cm³/mol. The van der Waals surface area contributed by atoms with E-state index in [0.717, 1.165) is 19.3 Å². The van der Waals surface area contributed by atoms with Crippen LogP contribution in [0.25, 0.3) is 0 Å². The molecule has 102 valence electrons. The molecule has 1 aliphatic rings. The molecule has 1 saturated carbocycles. The fraction of sp³-hybridized carbons (Fsp3) is 0.417. The SMILES string of the molecule is N#Cc1ccc(S(=O)(=O)NC2CCCC2Br)c(Cl)c1. The number of rotatable bonds is 3. The highest BCUT2D eigenvalue weighted by atomic mass is 79.9. The van der Waals surface area contributed by atoms with Crippen LogP contribution in [0.1, 0.15) is 24.8 Å². The first-order valence-corrected chi connectivity index (χ1v) is 8.58. The molecule has 1 fully saturated rings. The van der Waals surface area contributed by atoms with E-state index in [4.69, 9.17) is 16.9 Å². The zero-order valence-electron chi connectivity index (χ0n) is 9.94. The Morgan fingerprint density at radius 2 is 2.16 bits per heavy atom. The molecule has 1 aliphatic carbocycles. The van der Waals surface area contributed by atoms with Crippen molar-refractivity contribution >= 4 is 37.6 Å². The van der Waals surface area contributed by atoms with Crippen LogP contribution in [0.3, 0.4) is 0 Å². The lowest BCUT2D eigenvalue weighted by Crippen LogP contribution is -2.37. The molecule has 1 N–H and O–H groups in total. The third kappa shape index (κ3) is 3.29. The van der Waals surface area contributed by atoms with Crippen LogP contribution in [0.5, 0.6) is 0 Å². The number of hydrogen-bond donors (Lipinski definition) is 1. The minimum absolute atomic E-state index is 0.0137. The van der Waals surface area contributed by atoms with Gasteiger partial charge in [0.1, 0.15) is 4.90 Å². The largest absolute Gasteiger partial charge is 0.242 e. The summed E-state index contributed by atoms with van der Waals surface area (Å²) in [7, 11) is -3.65. The van der Waals surface area contributed by atoms with Crippen LogP contribution in [-0.2, 0) is 10.0 Å². The molecule has 7 heteroatoms. The number of benzene rings is 1. The molecule has 0 aromatic heterocycles. The fourth-order valence-electron chi connectivity index (χ4n) is 2.10. The number of nitrogens with zero attached hydrogens (tertiary/aromatic N) is 1. The Morgan fingerprint density at radius 3 is 2.68 bits per heavy atom. The zero-order chi connectivity index (χ0) is 14.0. The van der Waals surface area contributed by atoms with Crippen molar-refractivity contribution in [2.45, 2.75) is 35.0 Å². The summed E-state index contributed by atoms with van der Waals surface area (Å²) in [6.07, 6.45) is 2.75. The summed E-state index contributed by atoms with van der Waals surface area (Å²) in [5.41, 5.74) is 0.336. The Bertz CT molecular complexity index is 627. The first-order valence-electron chi connectivity index (χ1n) is 5.80. The van der Waals surface area contributed by atoms with Crippen molar-refractivity contribution in [3.8, 4) is 6.07 Å². The number of nitrogens with one attached hydrogen (secondary N) is 1. The van der Waals surface area contributed by atoms with E-state index in [1.807, 2.05) is 6.07 Å². The maximum Gasteiger partial charge on any atom is 0.242 e. The minimum atomic E-state index is -3.65. The summed E-state index contributed by atoms with van der Waals surface area (Å²) in [5.74, 6) is 0. The van der Waals surface area contributed by atoms with E-state index in [0.29, 0.717) is 5.56 Å². The van der Waals surface area contributed by atoms with Gasteiger partial charge in [-0.25, -0.2) is 13.1 Å².